The summed E-state index contributed by atoms with van der Waals surface area (Å²) in [7, 11) is 1.32. The zero-order valence-corrected chi connectivity index (χ0v) is 15.0. The summed E-state index contributed by atoms with van der Waals surface area (Å²) in [5, 5.41) is 6.31. The molecule has 0 saturated carbocycles. The molecule has 0 radical (unpaired) electrons. The molecule has 0 spiro atoms. The number of aromatic nitrogens is 2. The van der Waals surface area contributed by atoms with Gasteiger partial charge in [-0.1, -0.05) is 17.7 Å². The number of ether oxygens (including phenoxy) is 1. The summed E-state index contributed by atoms with van der Waals surface area (Å²) in [6.45, 7) is 0. The van der Waals surface area contributed by atoms with Gasteiger partial charge in [0.2, 0.25) is 0 Å². The molecule has 136 valence electrons. The van der Waals surface area contributed by atoms with Gasteiger partial charge in [0.1, 0.15) is 11.5 Å². The van der Waals surface area contributed by atoms with Crippen LogP contribution in [0, 0.1) is 0 Å². The standard InChI is InChI=1S/C19H15ClN4O3/c1-27-19(26)12-3-2-4-15(9-12)23-17-11-21-16(10-22-17)18(25)24-14-7-5-13(20)6-8-14/h2-11H,1H3,(H,22,23)(H,24,25). The van der Waals surface area contributed by atoms with E-state index in [1.165, 1.54) is 19.5 Å². The Kier molecular flexibility index (Phi) is 5.63. The molecule has 27 heavy (non-hydrogen) atoms. The van der Waals surface area contributed by atoms with Gasteiger partial charge in [0.25, 0.3) is 5.91 Å². The van der Waals surface area contributed by atoms with Crippen molar-refractivity contribution in [2.24, 2.45) is 0 Å². The van der Waals surface area contributed by atoms with Gasteiger partial charge in [-0.05, 0) is 42.5 Å². The highest BCUT2D eigenvalue weighted by Crippen LogP contribution is 2.17. The van der Waals surface area contributed by atoms with Crippen LogP contribution >= 0.6 is 11.6 Å². The molecule has 0 bridgehead atoms. The van der Waals surface area contributed by atoms with Crippen LogP contribution in [0.1, 0.15) is 20.8 Å². The molecule has 0 saturated heterocycles. The average molecular weight is 383 g/mol. The van der Waals surface area contributed by atoms with Gasteiger partial charge in [-0.25, -0.2) is 14.8 Å². The van der Waals surface area contributed by atoms with Gasteiger partial charge in [-0.2, -0.15) is 0 Å². The molecule has 2 N–H and O–H groups in total. The number of carbonyl (C=O) groups is 2. The Hall–Kier alpha value is -3.45. The van der Waals surface area contributed by atoms with Crippen LogP contribution in [0.4, 0.5) is 17.2 Å². The van der Waals surface area contributed by atoms with Crippen molar-refractivity contribution in [1.29, 1.82) is 0 Å². The molecule has 3 aromatic rings. The second kappa shape index (κ2) is 8.29. The van der Waals surface area contributed by atoms with E-state index in [0.29, 0.717) is 27.8 Å². The summed E-state index contributed by atoms with van der Waals surface area (Å²) in [6, 6.07) is 13.5. The lowest BCUT2D eigenvalue weighted by molar-refractivity contribution is 0.0600. The van der Waals surface area contributed by atoms with Crippen LogP contribution in [0.2, 0.25) is 5.02 Å². The van der Waals surface area contributed by atoms with Crippen molar-refractivity contribution >= 4 is 40.7 Å². The van der Waals surface area contributed by atoms with Crippen molar-refractivity contribution in [2.45, 2.75) is 0 Å². The SMILES string of the molecule is COC(=O)c1cccc(Nc2cnc(C(=O)Nc3ccc(Cl)cc3)cn2)c1. The van der Waals surface area contributed by atoms with Gasteiger partial charge in [0.05, 0.1) is 25.1 Å². The van der Waals surface area contributed by atoms with Gasteiger partial charge in [0, 0.05) is 16.4 Å². The molecule has 0 atom stereocenters. The summed E-state index contributed by atoms with van der Waals surface area (Å²) in [4.78, 5) is 32.1. The lowest BCUT2D eigenvalue weighted by Gasteiger charge is -2.08. The van der Waals surface area contributed by atoms with E-state index < -0.39 is 5.97 Å². The number of halogens is 1. The third-order valence-electron chi connectivity index (χ3n) is 3.54. The van der Waals surface area contributed by atoms with E-state index in [2.05, 4.69) is 20.6 Å². The first-order chi connectivity index (χ1) is 13.0. The molecule has 0 aliphatic carbocycles. The van der Waals surface area contributed by atoms with Crippen molar-refractivity contribution in [3.63, 3.8) is 0 Å². The zero-order chi connectivity index (χ0) is 19.2. The van der Waals surface area contributed by atoms with Gasteiger partial charge >= 0.3 is 5.97 Å². The molecule has 0 aliphatic heterocycles. The van der Waals surface area contributed by atoms with Crippen LogP contribution in [0.5, 0.6) is 0 Å². The number of nitrogens with zero attached hydrogens (tertiary/aromatic N) is 2. The van der Waals surface area contributed by atoms with Crippen LogP contribution in [-0.2, 0) is 4.74 Å². The predicted octanol–water partition coefficient (Wildman–Crippen LogP) is 3.91. The van der Waals surface area contributed by atoms with Crippen molar-refractivity contribution in [3.8, 4) is 0 Å². The number of rotatable bonds is 5. The molecular weight excluding hydrogens is 368 g/mol. The van der Waals surface area contributed by atoms with Gasteiger partial charge in [-0.15, -0.1) is 0 Å². The minimum atomic E-state index is -0.432. The van der Waals surface area contributed by atoms with Crippen LogP contribution in [0.3, 0.4) is 0 Å². The second-order valence-corrected chi connectivity index (χ2v) is 5.88. The summed E-state index contributed by atoms with van der Waals surface area (Å²) in [5.74, 6) is -0.386. The van der Waals surface area contributed by atoms with Crippen LogP contribution in [0.15, 0.2) is 60.9 Å². The van der Waals surface area contributed by atoms with Crippen LogP contribution < -0.4 is 10.6 Å². The smallest absolute Gasteiger partial charge is 0.337 e. The molecule has 0 unspecified atom stereocenters. The van der Waals surface area contributed by atoms with E-state index in [1.807, 2.05) is 0 Å². The predicted molar refractivity (Wildman–Crippen MR) is 103 cm³/mol. The van der Waals surface area contributed by atoms with E-state index in [9.17, 15) is 9.59 Å². The first-order valence-corrected chi connectivity index (χ1v) is 8.27. The third kappa shape index (κ3) is 4.80. The minimum Gasteiger partial charge on any atom is -0.465 e. The van der Waals surface area contributed by atoms with E-state index >= 15 is 0 Å². The number of nitrogens with one attached hydrogen (secondary N) is 2. The third-order valence-corrected chi connectivity index (χ3v) is 3.79. The van der Waals surface area contributed by atoms with Crippen molar-refractivity contribution in [1.82, 2.24) is 9.97 Å². The number of methoxy groups -OCH3 is 1. The number of esters is 1. The largest absolute Gasteiger partial charge is 0.465 e. The van der Waals surface area contributed by atoms with E-state index in [1.54, 1.807) is 48.5 Å². The number of hydrogen-bond acceptors (Lipinski definition) is 6. The number of hydrogen-bond donors (Lipinski definition) is 2. The van der Waals surface area contributed by atoms with Crippen molar-refractivity contribution < 1.29 is 14.3 Å². The van der Waals surface area contributed by atoms with Crippen LogP contribution in [-0.4, -0.2) is 29.0 Å². The van der Waals surface area contributed by atoms with E-state index in [-0.39, 0.29) is 11.6 Å². The number of anilines is 3. The Morgan fingerprint density at radius 2 is 1.78 bits per heavy atom. The highest BCUT2D eigenvalue weighted by molar-refractivity contribution is 6.30. The zero-order valence-electron chi connectivity index (χ0n) is 14.3. The number of carbonyl (C=O) groups excluding carboxylic acids is 2. The molecule has 0 aliphatic rings. The fourth-order valence-electron chi connectivity index (χ4n) is 2.23. The van der Waals surface area contributed by atoms with Crippen molar-refractivity contribution in [2.75, 3.05) is 17.7 Å². The summed E-state index contributed by atoms with van der Waals surface area (Å²) in [6.07, 6.45) is 2.79. The summed E-state index contributed by atoms with van der Waals surface area (Å²) >= 11 is 5.82. The quantitative estimate of drug-likeness (QED) is 0.650. The fourth-order valence-corrected chi connectivity index (χ4v) is 2.35. The maximum atomic E-state index is 12.2. The molecule has 8 heteroatoms. The topological polar surface area (TPSA) is 93.2 Å². The van der Waals surface area contributed by atoms with E-state index in [0.717, 1.165) is 0 Å². The molecule has 0 fully saturated rings. The molecule has 3 rings (SSSR count). The maximum Gasteiger partial charge on any atom is 0.337 e. The molecule has 7 nitrogen and oxygen atoms in total. The first-order valence-electron chi connectivity index (χ1n) is 7.89. The monoisotopic (exact) mass is 382 g/mol. The number of amides is 1. The Labute approximate surface area is 160 Å². The first kappa shape index (κ1) is 18.3. The molecule has 1 heterocycles. The minimum absolute atomic E-state index is 0.166. The Morgan fingerprint density at radius 3 is 2.44 bits per heavy atom. The highest BCUT2D eigenvalue weighted by Gasteiger charge is 2.10. The van der Waals surface area contributed by atoms with Crippen LogP contribution in [0.25, 0.3) is 0 Å². The highest BCUT2D eigenvalue weighted by atomic mass is 35.5. The van der Waals surface area contributed by atoms with Gasteiger partial charge in [0.15, 0.2) is 0 Å². The summed E-state index contributed by atoms with van der Waals surface area (Å²) in [5.41, 5.74) is 1.83. The lowest BCUT2D eigenvalue weighted by atomic mass is 10.2. The average Bonchev–Trinajstić information content (AvgIpc) is 2.70. The number of benzene rings is 2. The molecule has 2 aromatic carbocycles. The van der Waals surface area contributed by atoms with Gasteiger partial charge in [-0.3, -0.25) is 4.79 Å². The normalized spacial score (nSPS) is 10.1. The van der Waals surface area contributed by atoms with Gasteiger partial charge < -0.3 is 15.4 Å². The molecular formula is C19H15ClN4O3. The van der Waals surface area contributed by atoms with Crippen molar-refractivity contribution in [3.05, 3.63) is 77.2 Å². The Morgan fingerprint density at radius 1 is 1.00 bits per heavy atom. The maximum absolute atomic E-state index is 12.2. The Bertz CT molecular complexity index is 959. The lowest BCUT2D eigenvalue weighted by Crippen LogP contribution is -2.14. The summed E-state index contributed by atoms with van der Waals surface area (Å²) < 4.78 is 4.69. The fraction of sp³-hybridized carbons (Fsp3) is 0.0526. The Balaban J connectivity index is 1.67. The second-order valence-electron chi connectivity index (χ2n) is 5.45. The molecule has 1 aromatic heterocycles. The molecule has 1 amide bonds. The van der Waals surface area contributed by atoms with E-state index in [4.69, 9.17) is 16.3 Å².